The number of rotatable bonds is 6. The first-order chi connectivity index (χ1) is 10.6. The highest BCUT2D eigenvalue weighted by molar-refractivity contribution is 7.99. The number of amides is 1. The molecule has 6 nitrogen and oxygen atoms in total. The Morgan fingerprint density at radius 3 is 2.77 bits per heavy atom. The summed E-state index contributed by atoms with van der Waals surface area (Å²) < 4.78 is 0. The molecule has 0 atom stereocenters. The van der Waals surface area contributed by atoms with Crippen molar-refractivity contribution in [3.63, 3.8) is 0 Å². The SMILES string of the molecule is CCc1nc(SCC(=O)N/N=C(\C)c2ccc(Cl)cc2)n[nH]1. The first-order valence-corrected chi connectivity index (χ1v) is 8.08. The van der Waals surface area contributed by atoms with Gasteiger partial charge in [-0.1, -0.05) is 42.4 Å². The number of aromatic nitrogens is 3. The van der Waals surface area contributed by atoms with Gasteiger partial charge in [0.2, 0.25) is 5.16 Å². The molecule has 0 fully saturated rings. The van der Waals surface area contributed by atoms with Gasteiger partial charge in [-0.25, -0.2) is 10.4 Å². The number of nitrogens with zero attached hydrogens (tertiary/aromatic N) is 3. The van der Waals surface area contributed by atoms with Crippen molar-refractivity contribution in [3.8, 4) is 0 Å². The fourth-order valence-electron chi connectivity index (χ4n) is 1.56. The largest absolute Gasteiger partial charge is 0.272 e. The molecule has 0 aliphatic rings. The van der Waals surface area contributed by atoms with Gasteiger partial charge in [0.05, 0.1) is 11.5 Å². The van der Waals surface area contributed by atoms with Gasteiger partial charge < -0.3 is 0 Å². The number of hydrogen-bond acceptors (Lipinski definition) is 5. The number of hydrazone groups is 1. The Hall–Kier alpha value is -1.86. The van der Waals surface area contributed by atoms with E-state index < -0.39 is 0 Å². The molecule has 0 aliphatic carbocycles. The van der Waals surface area contributed by atoms with Crippen molar-refractivity contribution in [1.82, 2.24) is 20.6 Å². The molecular weight excluding hydrogens is 322 g/mol. The summed E-state index contributed by atoms with van der Waals surface area (Å²) in [6.07, 6.45) is 0.782. The van der Waals surface area contributed by atoms with Crippen LogP contribution in [0.5, 0.6) is 0 Å². The van der Waals surface area contributed by atoms with Gasteiger partial charge in [0.1, 0.15) is 5.82 Å². The molecule has 1 aromatic heterocycles. The first kappa shape index (κ1) is 16.5. The van der Waals surface area contributed by atoms with Crippen LogP contribution in [0, 0.1) is 0 Å². The molecule has 22 heavy (non-hydrogen) atoms. The van der Waals surface area contributed by atoms with Crippen LogP contribution in [0.2, 0.25) is 5.02 Å². The summed E-state index contributed by atoms with van der Waals surface area (Å²) in [5, 5.41) is 12.1. The Labute approximate surface area is 137 Å². The van der Waals surface area contributed by atoms with Crippen LogP contribution in [0.25, 0.3) is 0 Å². The zero-order chi connectivity index (χ0) is 15.9. The molecule has 0 radical (unpaired) electrons. The van der Waals surface area contributed by atoms with Crippen molar-refractivity contribution in [1.29, 1.82) is 0 Å². The zero-order valence-electron chi connectivity index (χ0n) is 12.3. The second-order valence-corrected chi connectivity index (χ2v) is 5.82. The Morgan fingerprint density at radius 2 is 2.14 bits per heavy atom. The van der Waals surface area contributed by atoms with E-state index in [0.717, 1.165) is 17.8 Å². The molecule has 1 amide bonds. The van der Waals surface area contributed by atoms with E-state index in [-0.39, 0.29) is 11.7 Å². The summed E-state index contributed by atoms with van der Waals surface area (Å²) >= 11 is 7.09. The summed E-state index contributed by atoms with van der Waals surface area (Å²) in [7, 11) is 0. The smallest absolute Gasteiger partial charge is 0.250 e. The molecule has 8 heteroatoms. The number of carbonyl (C=O) groups excluding carboxylic acids is 1. The van der Waals surface area contributed by atoms with E-state index in [9.17, 15) is 4.79 Å². The third-order valence-corrected chi connectivity index (χ3v) is 3.89. The van der Waals surface area contributed by atoms with Crippen LogP contribution in [0.1, 0.15) is 25.2 Å². The molecular formula is C14H16ClN5OS. The molecule has 2 rings (SSSR count). The quantitative estimate of drug-likeness (QED) is 0.482. The molecule has 2 aromatic rings. The Balaban J connectivity index is 1.83. The lowest BCUT2D eigenvalue weighted by molar-refractivity contribution is -0.118. The number of aryl methyl sites for hydroxylation is 1. The first-order valence-electron chi connectivity index (χ1n) is 6.71. The van der Waals surface area contributed by atoms with Crippen molar-refractivity contribution in [2.75, 3.05) is 5.75 Å². The predicted octanol–water partition coefficient (Wildman–Crippen LogP) is 2.65. The van der Waals surface area contributed by atoms with Crippen molar-refractivity contribution < 1.29 is 4.79 Å². The van der Waals surface area contributed by atoms with Crippen LogP contribution in [-0.4, -0.2) is 32.6 Å². The Bertz CT molecular complexity index is 668. The average Bonchev–Trinajstić information content (AvgIpc) is 2.99. The van der Waals surface area contributed by atoms with Crippen molar-refractivity contribution in [2.45, 2.75) is 25.4 Å². The van der Waals surface area contributed by atoms with E-state index >= 15 is 0 Å². The standard InChI is InChI=1S/C14H16ClN5OS/c1-3-12-16-14(20-18-12)22-8-13(21)19-17-9(2)10-4-6-11(15)7-5-10/h4-7H,3,8H2,1-2H3,(H,19,21)(H,16,18,20)/b17-9+. The maximum absolute atomic E-state index is 11.8. The molecule has 0 saturated carbocycles. The molecule has 2 N–H and O–H groups in total. The van der Waals surface area contributed by atoms with Gasteiger partial charge >= 0.3 is 0 Å². The summed E-state index contributed by atoms with van der Waals surface area (Å²) in [5.41, 5.74) is 4.13. The minimum absolute atomic E-state index is 0.207. The number of H-pyrrole nitrogens is 1. The summed E-state index contributed by atoms with van der Waals surface area (Å²) in [5.74, 6) is 0.805. The second kappa shape index (κ2) is 7.95. The van der Waals surface area contributed by atoms with E-state index in [0.29, 0.717) is 15.9 Å². The number of benzene rings is 1. The van der Waals surface area contributed by atoms with Crippen LogP contribution < -0.4 is 5.43 Å². The average molecular weight is 338 g/mol. The number of aromatic amines is 1. The topological polar surface area (TPSA) is 83.0 Å². The highest BCUT2D eigenvalue weighted by atomic mass is 35.5. The van der Waals surface area contributed by atoms with Crippen molar-refractivity contribution in [3.05, 3.63) is 40.7 Å². The van der Waals surface area contributed by atoms with E-state index in [1.54, 1.807) is 12.1 Å². The lowest BCUT2D eigenvalue weighted by Gasteiger charge is -2.02. The Morgan fingerprint density at radius 1 is 1.41 bits per heavy atom. The molecule has 1 heterocycles. The molecule has 0 saturated heterocycles. The summed E-state index contributed by atoms with van der Waals surface area (Å²) in [4.78, 5) is 16.0. The van der Waals surface area contributed by atoms with E-state index in [4.69, 9.17) is 11.6 Å². The van der Waals surface area contributed by atoms with Gasteiger partial charge in [-0.15, -0.1) is 5.10 Å². The van der Waals surface area contributed by atoms with Crippen LogP contribution in [-0.2, 0) is 11.2 Å². The maximum atomic E-state index is 11.8. The monoisotopic (exact) mass is 337 g/mol. The molecule has 0 unspecified atom stereocenters. The van der Waals surface area contributed by atoms with E-state index in [1.165, 1.54) is 11.8 Å². The van der Waals surface area contributed by atoms with Gasteiger partial charge in [-0.05, 0) is 24.6 Å². The third-order valence-electron chi connectivity index (χ3n) is 2.79. The fourth-order valence-corrected chi connectivity index (χ4v) is 2.30. The molecule has 0 aliphatic heterocycles. The number of halogens is 1. The maximum Gasteiger partial charge on any atom is 0.250 e. The van der Waals surface area contributed by atoms with Gasteiger partial charge in [0.25, 0.3) is 5.91 Å². The predicted molar refractivity (Wildman–Crippen MR) is 88.3 cm³/mol. The minimum atomic E-state index is -0.207. The lowest BCUT2D eigenvalue weighted by atomic mass is 10.1. The van der Waals surface area contributed by atoms with Crippen LogP contribution in [0.3, 0.4) is 0 Å². The normalized spacial score (nSPS) is 11.5. The molecule has 1 aromatic carbocycles. The minimum Gasteiger partial charge on any atom is -0.272 e. The van der Waals surface area contributed by atoms with Crippen LogP contribution in [0.15, 0.2) is 34.5 Å². The highest BCUT2D eigenvalue weighted by Gasteiger charge is 2.07. The van der Waals surface area contributed by atoms with E-state index in [2.05, 4.69) is 25.7 Å². The number of nitrogens with one attached hydrogen (secondary N) is 2. The van der Waals surface area contributed by atoms with Crippen LogP contribution >= 0.6 is 23.4 Å². The van der Waals surface area contributed by atoms with Crippen molar-refractivity contribution >= 4 is 35.0 Å². The zero-order valence-corrected chi connectivity index (χ0v) is 13.8. The Kier molecular flexibility index (Phi) is 5.97. The van der Waals surface area contributed by atoms with Crippen LogP contribution in [0.4, 0.5) is 0 Å². The molecule has 0 spiro atoms. The van der Waals surface area contributed by atoms with Gasteiger partial charge in [0, 0.05) is 11.4 Å². The van der Waals surface area contributed by atoms with Gasteiger partial charge in [-0.2, -0.15) is 5.10 Å². The number of carbonyl (C=O) groups is 1. The summed E-state index contributed by atoms with van der Waals surface area (Å²) in [6, 6.07) is 7.26. The number of hydrogen-bond donors (Lipinski definition) is 2. The van der Waals surface area contributed by atoms with E-state index in [1.807, 2.05) is 26.0 Å². The third kappa shape index (κ3) is 4.85. The molecule has 0 bridgehead atoms. The molecule has 116 valence electrons. The second-order valence-electron chi connectivity index (χ2n) is 4.45. The lowest BCUT2D eigenvalue weighted by Crippen LogP contribution is -2.21. The number of thioether (sulfide) groups is 1. The highest BCUT2D eigenvalue weighted by Crippen LogP contribution is 2.12. The fraction of sp³-hybridized carbons (Fsp3) is 0.286. The summed E-state index contributed by atoms with van der Waals surface area (Å²) in [6.45, 7) is 3.80. The van der Waals surface area contributed by atoms with Crippen molar-refractivity contribution in [2.24, 2.45) is 5.10 Å². The van der Waals surface area contributed by atoms with Gasteiger partial charge in [-0.3, -0.25) is 9.89 Å². The van der Waals surface area contributed by atoms with Gasteiger partial charge in [0.15, 0.2) is 0 Å².